The Morgan fingerprint density at radius 1 is 1.19 bits per heavy atom. The van der Waals surface area contributed by atoms with Gasteiger partial charge >= 0.3 is 0 Å². The number of hydrogen-bond acceptors (Lipinski definition) is 3. The van der Waals surface area contributed by atoms with Gasteiger partial charge in [0.15, 0.2) is 5.16 Å². The monoisotopic (exact) mass is 304 g/mol. The molecule has 0 spiro atoms. The van der Waals surface area contributed by atoms with Crippen LogP contribution in [-0.4, -0.2) is 27.0 Å². The molecule has 0 aliphatic carbocycles. The maximum atomic E-state index is 8.80. The molecule has 0 aliphatic rings. The number of para-hydroxylation sites is 1. The number of rotatable bonds is 8. The Morgan fingerprint density at radius 2 is 2.00 bits per heavy atom. The number of aliphatic hydroxyl groups excluding tert-OH is 1. The van der Waals surface area contributed by atoms with Crippen molar-refractivity contribution < 1.29 is 5.11 Å². The summed E-state index contributed by atoms with van der Waals surface area (Å²) in [6, 6.07) is 8.52. The van der Waals surface area contributed by atoms with Gasteiger partial charge in [0, 0.05) is 24.8 Å². The molecule has 114 valence electrons. The molecule has 0 radical (unpaired) electrons. The zero-order valence-electron chi connectivity index (χ0n) is 12.8. The van der Waals surface area contributed by atoms with E-state index in [4.69, 9.17) is 5.11 Å². The first-order valence-electron chi connectivity index (χ1n) is 7.60. The van der Waals surface area contributed by atoms with E-state index in [1.54, 1.807) is 11.8 Å². The molecule has 1 N–H and O–H groups in total. The molecule has 1 aromatic carbocycles. The van der Waals surface area contributed by atoms with Gasteiger partial charge in [0.05, 0.1) is 5.69 Å². The Balaban J connectivity index is 2.10. The van der Waals surface area contributed by atoms with E-state index in [-0.39, 0.29) is 0 Å². The quantitative estimate of drug-likeness (QED) is 0.585. The highest BCUT2D eigenvalue weighted by molar-refractivity contribution is 7.99. The number of nitrogens with zero attached hydrogens (tertiary/aromatic N) is 2. The number of benzene rings is 1. The lowest BCUT2D eigenvalue weighted by Gasteiger charge is -2.15. The van der Waals surface area contributed by atoms with Crippen molar-refractivity contribution in [3.63, 3.8) is 0 Å². The van der Waals surface area contributed by atoms with E-state index in [9.17, 15) is 0 Å². The molecule has 0 bridgehead atoms. The van der Waals surface area contributed by atoms with Gasteiger partial charge in [-0.1, -0.05) is 50.2 Å². The highest BCUT2D eigenvalue weighted by Gasteiger charge is 2.11. The van der Waals surface area contributed by atoms with Crippen molar-refractivity contribution in [3.05, 3.63) is 42.2 Å². The molecule has 21 heavy (non-hydrogen) atoms. The third-order valence-electron chi connectivity index (χ3n) is 3.46. The van der Waals surface area contributed by atoms with Crippen molar-refractivity contribution in [2.75, 3.05) is 12.4 Å². The number of unbranched alkanes of at least 4 members (excludes halogenated alkanes) is 2. The zero-order valence-corrected chi connectivity index (χ0v) is 13.6. The molecule has 0 saturated heterocycles. The first kappa shape index (κ1) is 16.1. The van der Waals surface area contributed by atoms with Gasteiger partial charge in [0.25, 0.3) is 0 Å². The first-order chi connectivity index (χ1) is 10.2. The van der Waals surface area contributed by atoms with Gasteiger partial charge < -0.3 is 5.11 Å². The maximum Gasteiger partial charge on any atom is 0.172 e. The number of thioether (sulfide) groups is 1. The third-order valence-corrected chi connectivity index (χ3v) is 4.51. The SMILES string of the molecule is CC(C)c1ccccc1-n1ccnc1SCCCCCO. The molecule has 0 unspecified atom stereocenters. The number of imidazole rings is 1. The Labute approximate surface area is 131 Å². The van der Waals surface area contributed by atoms with Crippen LogP contribution in [0.4, 0.5) is 0 Å². The summed E-state index contributed by atoms with van der Waals surface area (Å²) in [6.45, 7) is 4.73. The summed E-state index contributed by atoms with van der Waals surface area (Å²) in [5.41, 5.74) is 2.57. The van der Waals surface area contributed by atoms with E-state index in [0.717, 1.165) is 30.2 Å². The second kappa shape index (κ2) is 8.25. The van der Waals surface area contributed by atoms with Crippen LogP contribution in [0.25, 0.3) is 5.69 Å². The molecule has 1 aromatic heterocycles. The van der Waals surface area contributed by atoms with Gasteiger partial charge in [0.1, 0.15) is 0 Å². The van der Waals surface area contributed by atoms with E-state index in [0.29, 0.717) is 12.5 Å². The molecule has 0 atom stereocenters. The van der Waals surface area contributed by atoms with E-state index in [2.05, 4.69) is 47.7 Å². The lowest BCUT2D eigenvalue weighted by atomic mass is 10.0. The molecular weight excluding hydrogens is 280 g/mol. The van der Waals surface area contributed by atoms with Gasteiger partial charge in [0.2, 0.25) is 0 Å². The largest absolute Gasteiger partial charge is 0.396 e. The number of aromatic nitrogens is 2. The van der Waals surface area contributed by atoms with Crippen LogP contribution in [0.15, 0.2) is 41.8 Å². The third kappa shape index (κ3) is 4.35. The smallest absolute Gasteiger partial charge is 0.172 e. The molecule has 0 fully saturated rings. The van der Waals surface area contributed by atoms with Crippen molar-refractivity contribution in [2.24, 2.45) is 0 Å². The van der Waals surface area contributed by atoms with Crippen LogP contribution >= 0.6 is 11.8 Å². The highest BCUT2D eigenvalue weighted by atomic mass is 32.2. The van der Waals surface area contributed by atoms with Crippen molar-refractivity contribution in [3.8, 4) is 5.69 Å². The lowest BCUT2D eigenvalue weighted by molar-refractivity contribution is 0.284. The summed E-state index contributed by atoms with van der Waals surface area (Å²) in [5.74, 6) is 1.53. The van der Waals surface area contributed by atoms with Gasteiger partial charge in [-0.15, -0.1) is 0 Å². The van der Waals surface area contributed by atoms with Gasteiger partial charge in [-0.25, -0.2) is 4.98 Å². The van der Waals surface area contributed by atoms with Gasteiger partial charge in [-0.05, 0) is 30.4 Å². The van der Waals surface area contributed by atoms with Crippen LogP contribution in [0.3, 0.4) is 0 Å². The fraction of sp³-hybridized carbons (Fsp3) is 0.471. The lowest BCUT2D eigenvalue weighted by Crippen LogP contribution is -2.02. The van der Waals surface area contributed by atoms with Crippen molar-refractivity contribution in [2.45, 2.75) is 44.2 Å². The van der Waals surface area contributed by atoms with Crippen molar-refractivity contribution in [1.82, 2.24) is 9.55 Å². The summed E-state index contributed by atoms with van der Waals surface area (Å²) >= 11 is 1.79. The minimum absolute atomic E-state index is 0.293. The van der Waals surface area contributed by atoms with E-state index < -0.39 is 0 Å². The summed E-state index contributed by atoms with van der Waals surface area (Å²) in [5, 5.41) is 9.85. The Kier molecular flexibility index (Phi) is 6.33. The second-order valence-electron chi connectivity index (χ2n) is 5.43. The van der Waals surface area contributed by atoms with Crippen LogP contribution in [0.1, 0.15) is 44.6 Å². The standard InChI is InChI=1S/C17H24N2OS/c1-14(2)15-8-4-5-9-16(15)19-11-10-18-17(19)21-13-7-3-6-12-20/h4-5,8-11,14,20H,3,6-7,12-13H2,1-2H3. The fourth-order valence-corrected chi connectivity index (χ4v) is 3.29. The number of aliphatic hydroxyl groups is 1. The summed E-state index contributed by atoms with van der Waals surface area (Å²) < 4.78 is 2.19. The second-order valence-corrected chi connectivity index (χ2v) is 6.49. The zero-order chi connectivity index (χ0) is 15.1. The normalized spacial score (nSPS) is 11.2. The Morgan fingerprint density at radius 3 is 2.76 bits per heavy atom. The van der Waals surface area contributed by atoms with E-state index >= 15 is 0 Å². The topological polar surface area (TPSA) is 38.0 Å². The van der Waals surface area contributed by atoms with E-state index in [1.807, 2.05) is 12.4 Å². The van der Waals surface area contributed by atoms with Gasteiger partial charge in [-0.2, -0.15) is 0 Å². The fourth-order valence-electron chi connectivity index (χ4n) is 2.33. The highest BCUT2D eigenvalue weighted by Crippen LogP contribution is 2.27. The molecule has 0 saturated carbocycles. The predicted octanol–water partition coefficient (Wildman–Crippen LogP) is 4.25. The minimum Gasteiger partial charge on any atom is -0.396 e. The average Bonchev–Trinajstić information content (AvgIpc) is 2.95. The van der Waals surface area contributed by atoms with Crippen LogP contribution in [0.5, 0.6) is 0 Å². The van der Waals surface area contributed by atoms with E-state index in [1.165, 1.54) is 11.3 Å². The molecule has 3 nitrogen and oxygen atoms in total. The summed E-state index contributed by atoms with van der Waals surface area (Å²) in [7, 11) is 0. The first-order valence-corrected chi connectivity index (χ1v) is 8.59. The molecule has 2 rings (SSSR count). The summed E-state index contributed by atoms with van der Waals surface area (Å²) in [6.07, 6.45) is 6.99. The van der Waals surface area contributed by atoms with Crippen LogP contribution in [0, 0.1) is 0 Å². The minimum atomic E-state index is 0.293. The molecule has 4 heteroatoms. The number of hydrogen-bond donors (Lipinski definition) is 1. The van der Waals surface area contributed by atoms with Crippen molar-refractivity contribution >= 4 is 11.8 Å². The van der Waals surface area contributed by atoms with Crippen molar-refractivity contribution in [1.29, 1.82) is 0 Å². The maximum absolute atomic E-state index is 8.80. The summed E-state index contributed by atoms with van der Waals surface area (Å²) in [4.78, 5) is 4.49. The Bertz CT molecular complexity index is 551. The predicted molar refractivity (Wildman–Crippen MR) is 89.3 cm³/mol. The average molecular weight is 304 g/mol. The Hall–Kier alpha value is -1.26. The van der Waals surface area contributed by atoms with Crippen LogP contribution < -0.4 is 0 Å². The molecule has 2 aromatic rings. The molecular formula is C17H24N2OS. The molecule has 0 amide bonds. The van der Waals surface area contributed by atoms with Gasteiger partial charge in [-0.3, -0.25) is 4.57 Å². The molecule has 0 aliphatic heterocycles. The van der Waals surface area contributed by atoms with Crippen LogP contribution in [-0.2, 0) is 0 Å². The van der Waals surface area contributed by atoms with Crippen LogP contribution in [0.2, 0.25) is 0 Å². The molecule has 1 heterocycles.